The molecule has 8 atom stereocenters. The van der Waals surface area contributed by atoms with Gasteiger partial charge in [-0.25, -0.2) is 14.3 Å². The zero-order valence-corrected chi connectivity index (χ0v) is 46.0. The SMILES string of the molecule is COc1ccc(C(OC[C@H]2O[C@@H](n3cc(C)c(=O)[nH]c3=O)C[C@@H]2OP(=O)(/C=C/[C@H]2O[C@@H](n3cc(C)c(=O)[nH]c3=O)C[C@@H]2OP(OCCC#N)N(C(C)C)C(C)C)OCCC#N)(c2ccccc2)c2ccc(OC)cc2)cc1. The summed E-state index contributed by atoms with van der Waals surface area (Å²) in [6.07, 6.45) is -2.17. The highest BCUT2D eigenvalue weighted by molar-refractivity contribution is 7.57. The van der Waals surface area contributed by atoms with E-state index >= 15 is 4.57 Å². The summed E-state index contributed by atoms with van der Waals surface area (Å²) in [5, 5.41) is 19.0. The molecule has 5 aromatic rings. The lowest BCUT2D eigenvalue weighted by Crippen LogP contribution is -2.38. The van der Waals surface area contributed by atoms with Crippen LogP contribution in [0.15, 0.2) is 122 Å². The van der Waals surface area contributed by atoms with Crippen LogP contribution in [0.1, 0.15) is 93.7 Å². The van der Waals surface area contributed by atoms with E-state index in [0.29, 0.717) is 22.6 Å². The number of aryl methyl sites for hydroxylation is 2. The zero-order valence-electron chi connectivity index (χ0n) is 44.2. The van der Waals surface area contributed by atoms with Gasteiger partial charge in [-0.15, -0.1) is 0 Å². The molecule has 0 spiro atoms. The second-order valence-electron chi connectivity index (χ2n) is 18.9. The van der Waals surface area contributed by atoms with Crippen LogP contribution in [0.5, 0.6) is 11.5 Å². The molecule has 2 saturated heterocycles. The second kappa shape index (κ2) is 26.4. The normalized spacial score (nSPS) is 20.8. The first-order chi connectivity index (χ1) is 36.9. The van der Waals surface area contributed by atoms with Crippen LogP contribution in [0.2, 0.25) is 0 Å². The van der Waals surface area contributed by atoms with Gasteiger partial charge < -0.3 is 37.3 Å². The Hall–Kier alpha value is -6.32. The van der Waals surface area contributed by atoms with Gasteiger partial charge in [-0.3, -0.25) is 37.8 Å². The molecule has 0 radical (unpaired) electrons. The molecule has 0 amide bonds. The Morgan fingerprint density at radius 1 is 0.753 bits per heavy atom. The van der Waals surface area contributed by atoms with E-state index in [2.05, 4.69) is 16.0 Å². The number of nitrogens with zero attached hydrogens (tertiary/aromatic N) is 5. The van der Waals surface area contributed by atoms with Gasteiger partial charge in [0.05, 0.1) is 65.1 Å². The molecule has 4 heterocycles. The Morgan fingerprint density at radius 3 is 1.78 bits per heavy atom. The second-order valence-corrected chi connectivity index (χ2v) is 22.1. The summed E-state index contributed by atoms with van der Waals surface area (Å²) >= 11 is 0. The maximum absolute atomic E-state index is 15.5. The van der Waals surface area contributed by atoms with Crippen LogP contribution < -0.4 is 32.0 Å². The van der Waals surface area contributed by atoms with Crippen LogP contribution in [0.4, 0.5) is 0 Å². The van der Waals surface area contributed by atoms with E-state index in [9.17, 15) is 29.7 Å². The average Bonchev–Trinajstić information content (AvgIpc) is 4.03. The van der Waals surface area contributed by atoms with Crippen LogP contribution in [-0.4, -0.2) is 94.3 Å². The summed E-state index contributed by atoms with van der Waals surface area (Å²) in [7, 11) is -3.23. The molecule has 77 heavy (non-hydrogen) atoms. The van der Waals surface area contributed by atoms with Crippen molar-refractivity contribution in [2.45, 2.75) is 122 Å². The van der Waals surface area contributed by atoms with Crippen LogP contribution in [0.3, 0.4) is 0 Å². The largest absolute Gasteiger partial charge is 0.497 e. The summed E-state index contributed by atoms with van der Waals surface area (Å²) < 4.78 is 77.1. The van der Waals surface area contributed by atoms with Gasteiger partial charge in [0.2, 0.25) is 0 Å². The highest BCUT2D eigenvalue weighted by Crippen LogP contribution is 2.55. The quantitative estimate of drug-likeness (QED) is 0.0319. The molecule has 2 aliphatic heterocycles. The lowest BCUT2D eigenvalue weighted by Gasteiger charge is -2.37. The van der Waals surface area contributed by atoms with E-state index < -0.39 is 81.1 Å². The van der Waals surface area contributed by atoms with Crippen molar-refractivity contribution in [2.75, 3.05) is 34.0 Å². The third-order valence-corrected chi connectivity index (χ3v) is 16.8. The first-order valence-corrected chi connectivity index (χ1v) is 27.9. The van der Waals surface area contributed by atoms with E-state index in [-0.39, 0.29) is 68.7 Å². The van der Waals surface area contributed by atoms with Crippen molar-refractivity contribution in [3.8, 4) is 23.6 Å². The topological polar surface area (TPSA) is 261 Å². The molecule has 0 aliphatic carbocycles. The third kappa shape index (κ3) is 13.9. The van der Waals surface area contributed by atoms with E-state index in [1.165, 1.54) is 33.4 Å². The molecule has 7 rings (SSSR count). The Bertz CT molecular complexity index is 3130. The number of hydrogen-bond acceptors (Lipinski definition) is 17. The summed E-state index contributed by atoms with van der Waals surface area (Å²) in [5.41, 5.74) is -1.33. The van der Waals surface area contributed by atoms with Gasteiger partial charge in [-0.2, -0.15) is 10.5 Å². The fraction of sp³-hybridized carbons (Fsp3) is 0.444. The van der Waals surface area contributed by atoms with E-state index in [0.717, 1.165) is 5.56 Å². The fourth-order valence-electron chi connectivity index (χ4n) is 9.24. The number of rotatable bonds is 25. The molecule has 2 fully saturated rings. The zero-order chi connectivity index (χ0) is 55.4. The molecular weight excluding hydrogens is 1030 g/mol. The predicted octanol–water partition coefficient (Wildman–Crippen LogP) is 7.99. The number of aromatic nitrogens is 4. The number of ether oxygens (including phenoxy) is 5. The van der Waals surface area contributed by atoms with Crippen molar-refractivity contribution in [3.63, 3.8) is 0 Å². The standard InChI is InChI=1S/C54H65N7O14P2/c1-35(2)61(36(3)4)76(70-27-12-25-55)74-45-30-48(59-32-37(5)50(62)57-52(59)64)72-44(45)24-29-77(66,71-28-13-26-56)75-46-31-49(60-33-38(6)51(63)58-53(60)65)73-47(46)34-69-54(39-14-10-9-11-15-39,40-16-20-42(67-7)21-17-40)41-18-22-43(68-8)23-19-41/h9-11,14-24,29,32-33,35-36,44-49H,12-13,27-28,30-31,34H2,1-8H3,(H,57,62,64)(H,58,63,65)/b29-24+/t44-,45+,46+,47-,48-,49-,76?,77?/m1/s1. The molecule has 2 N–H and O–H groups in total. The molecule has 0 bridgehead atoms. The first-order valence-electron chi connectivity index (χ1n) is 25.1. The molecular formula is C54H65N7O14P2. The highest BCUT2D eigenvalue weighted by Gasteiger charge is 2.46. The molecule has 21 nitrogen and oxygen atoms in total. The van der Waals surface area contributed by atoms with Gasteiger partial charge in [0.1, 0.15) is 47.9 Å². The molecule has 3 aromatic carbocycles. The number of methoxy groups -OCH3 is 2. The maximum atomic E-state index is 15.5. The molecule has 2 aromatic heterocycles. The van der Waals surface area contributed by atoms with Gasteiger partial charge >= 0.3 is 19.0 Å². The number of aromatic amines is 2. The molecule has 23 heteroatoms. The average molecular weight is 1100 g/mol. The van der Waals surface area contributed by atoms with Crippen molar-refractivity contribution >= 4 is 16.1 Å². The van der Waals surface area contributed by atoms with Crippen LogP contribution in [0, 0.1) is 36.5 Å². The lowest BCUT2D eigenvalue weighted by molar-refractivity contribution is -0.0924. The summed E-state index contributed by atoms with van der Waals surface area (Å²) in [4.78, 5) is 56.5. The van der Waals surface area contributed by atoms with Crippen LogP contribution in [0.25, 0.3) is 0 Å². The van der Waals surface area contributed by atoms with Gasteiger partial charge in [0, 0.05) is 54.3 Å². The molecule has 410 valence electrons. The summed E-state index contributed by atoms with van der Waals surface area (Å²) in [6, 6.07) is 28.3. The highest BCUT2D eigenvalue weighted by atomic mass is 31.2. The number of H-pyrrole nitrogens is 2. The smallest absolute Gasteiger partial charge is 0.354 e. The number of nitriles is 2. The van der Waals surface area contributed by atoms with Crippen molar-refractivity contribution in [3.05, 3.63) is 173 Å². The summed E-state index contributed by atoms with van der Waals surface area (Å²) in [5.74, 6) is 2.43. The van der Waals surface area contributed by atoms with Crippen molar-refractivity contribution < 1.29 is 46.3 Å². The van der Waals surface area contributed by atoms with E-state index in [4.69, 9.17) is 41.8 Å². The van der Waals surface area contributed by atoms with Crippen LogP contribution in [-0.2, 0) is 42.5 Å². The van der Waals surface area contributed by atoms with Gasteiger partial charge in [-0.05, 0) is 88.6 Å². The Labute approximate surface area is 447 Å². The van der Waals surface area contributed by atoms with Crippen molar-refractivity contribution in [2.24, 2.45) is 0 Å². The number of hydrogen-bond donors (Lipinski definition) is 2. The third-order valence-electron chi connectivity index (χ3n) is 13.0. The van der Waals surface area contributed by atoms with Crippen LogP contribution >= 0.6 is 16.1 Å². The summed E-state index contributed by atoms with van der Waals surface area (Å²) in [6.45, 7) is 10.5. The van der Waals surface area contributed by atoms with Gasteiger partial charge in [0.15, 0.2) is 0 Å². The van der Waals surface area contributed by atoms with Crippen molar-refractivity contribution in [1.29, 1.82) is 10.5 Å². The number of benzene rings is 3. The Balaban J connectivity index is 1.30. The maximum Gasteiger partial charge on any atom is 0.354 e. The molecule has 0 saturated carbocycles. The minimum absolute atomic E-state index is 0.0573. The van der Waals surface area contributed by atoms with Gasteiger partial charge in [0.25, 0.3) is 19.6 Å². The lowest BCUT2D eigenvalue weighted by atomic mass is 9.80. The van der Waals surface area contributed by atoms with E-state index in [1.54, 1.807) is 28.1 Å². The minimum Gasteiger partial charge on any atom is -0.497 e. The predicted molar refractivity (Wildman–Crippen MR) is 285 cm³/mol. The minimum atomic E-state index is -4.50. The first kappa shape index (κ1) is 58.4. The van der Waals surface area contributed by atoms with E-state index in [1.807, 2.05) is 117 Å². The molecule has 2 unspecified atom stereocenters. The Kier molecular flexibility index (Phi) is 20.0. The fourth-order valence-corrected chi connectivity index (χ4v) is 12.5. The van der Waals surface area contributed by atoms with Gasteiger partial charge in [-0.1, -0.05) is 54.6 Å². The monoisotopic (exact) mass is 1100 g/mol. The van der Waals surface area contributed by atoms with Crippen molar-refractivity contribution in [1.82, 2.24) is 23.8 Å². The Morgan fingerprint density at radius 2 is 1.26 bits per heavy atom. The molecule has 2 aliphatic rings. The number of nitrogens with one attached hydrogen (secondary N) is 2.